The highest BCUT2D eigenvalue weighted by molar-refractivity contribution is 6.47. The van der Waals surface area contributed by atoms with Gasteiger partial charge >= 0.3 is 7.12 Å². The molecule has 2 rings (SSSR count). The predicted molar refractivity (Wildman–Crippen MR) is 67.2 cm³/mol. The monoisotopic (exact) mass is 218 g/mol. The Hall–Kier alpha value is -1.12. The second-order valence-corrected chi connectivity index (χ2v) is 4.82. The number of aryl methyl sites for hydroxylation is 2. The lowest BCUT2D eigenvalue weighted by Gasteiger charge is -2.09. The molecule has 0 amide bonds. The van der Waals surface area contributed by atoms with Crippen LogP contribution >= 0.6 is 0 Å². The maximum absolute atomic E-state index is 5.84. The van der Waals surface area contributed by atoms with Crippen molar-refractivity contribution in [2.45, 2.75) is 40.4 Å². The van der Waals surface area contributed by atoms with Crippen molar-refractivity contribution in [2.24, 2.45) is 5.92 Å². The molecule has 0 fully saturated rings. The van der Waals surface area contributed by atoms with E-state index in [9.17, 15) is 0 Å². The fraction of sp³-hybridized carbons (Fsp3) is 0.538. The Balaban J connectivity index is 2.12. The fourth-order valence-electron chi connectivity index (χ4n) is 2.04. The van der Waals surface area contributed by atoms with Crippen molar-refractivity contribution in [1.29, 1.82) is 0 Å². The molecule has 1 aromatic carbocycles. The van der Waals surface area contributed by atoms with Gasteiger partial charge in [0.2, 0.25) is 0 Å². The summed E-state index contributed by atoms with van der Waals surface area (Å²) < 4.78 is 11.7. The lowest BCUT2D eigenvalue weighted by Crippen LogP contribution is -2.26. The molecule has 2 nitrogen and oxygen atoms in total. The normalized spacial score (nSPS) is 15.4. The van der Waals surface area contributed by atoms with Gasteiger partial charge in [0.15, 0.2) is 0 Å². The van der Waals surface area contributed by atoms with Crippen molar-refractivity contribution in [3.8, 4) is 11.5 Å². The van der Waals surface area contributed by atoms with E-state index in [1.165, 1.54) is 11.1 Å². The van der Waals surface area contributed by atoms with E-state index in [2.05, 4.69) is 39.8 Å². The molecular weight excluding hydrogens is 199 g/mol. The van der Waals surface area contributed by atoms with Crippen molar-refractivity contribution in [1.82, 2.24) is 0 Å². The molecular formula is C13H19BO2. The molecule has 3 heteroatoms. The van der Waals surface area contributed by atoms with Crippen LogP contribution in [-0.2, 0) is 0 Å². The van der Waals surface area contributed by atoms with Gasteiger partial charge in [0, 0.05) is 6.32 Å². The van der Waals surface area contributed by atoms with Crippen LogP contribution in [0.15, 0.2) is 12.1 Å². The molecule has 0 saturated carbocycles. The average Bonchev–Trinajstić information content (AvgIpc) is 2.60. The third kappa shape index (κ3) is 2.18. The molecule has 0 saturated heterocycles. The van der Waals surface area contributed by atoms with E-state index in [0.717, 1.165) is 24.2 Å². The van der Waals surface area contributed by atoms with Crippen LogP contribution in [0.4, 0.5) is 0 Å². The zero-order valence-electron chi connectivity index (χ0n) is 10.5. The highest BCUT2D eigenvalue weighted by Gasteiger charge is 2.33. The van der Waals surface area contributed by atoms with Crippen LogP contribution in [0.1, 0.15) is 31.4 Å². The van der Waals surface area contributed by atoms with Gasteiger partial charge in [-0.2, -0.15) is 0 Å². The van der Waals surface area contributed by atoms with Crippen molar-refractivity contribution in [2.75, 3.05) is 0 Å². The summed E-state index contributed by atoms with van der Waals surface area (Å²) in [6.45, 7) is 8.58. The third-order valence-corrected chi connectivity index (χ3v) is 3.18. The Morgan fingerprint density at radius 3 is 2.69 bits per heavy atom. The summed E-state index contributed by atoms with van der Waals surface area (Å²) in [7, 11) is -0.0922. The Kier molecular flexibility index (Phi) is 3.13. The maximum atomic E-state index is 5.84. The van der Waals surface area contributed by atoms with Gasteiger partial charge < -0.3 is 9.31 Å². The molecule has 0 aromatic heterocycles. The quantitative estimate of drug-likeness (QED) is 0.721. The smallest absolute Gasteiger partial charge is 0.523 e. The van der Waals surface area contributed by atoms with Crippen LogP contribution in [0.25, 0.3) is 0 Å². The first kappa shape index (κ1) is 11.4. The number of rotatable bonds is 3. The van der Waals surface area contributed by atoms with E-state index in [0.29, 0.717) is 5.92 Å². The van der Waals surface area contributed by atoms with Gasteiger partial charge in [-0.05, 0) is 37.0 Å². The number of fused-ring (bicyclic) bond motifs is 1. The molecule has 16 heavy (non-hydrogen) atoms. The molecule has 0 N–H and O–H groups in total. The first-order valence-corrected chi connectivity index (χ1v) is 6.04. The van der Waals surface area contributed by atoms with Crippen molar-refractivity contribution in [3.05, 3.63) is 23.3 Å². The summed E-state index contributed by atoms with van der Waals surface area (Å²) in [5.41, 5.74) is 2.39. The molecule has 1 aromatic rings. The van der Waals surface area contributed by atoms with E-state index >= 15 is 0 Å². The predicted octanol–water partition coefficient (Wildman–Crippen LogP) is 3.61. The standard InChI is InChI=1S/C13H19BO2/c1-5-9(2)8-14-15-12-7-10(3)6-11(4)13(12)16-14/h6-7,9H,5,8H2,1-4H3. The summed E-state index contributed by atoms with van der Waals surface area (Å²) in [6, 6.07) is 4.19. The topological polar surface area (TPSA) is 18.5 Å². The van der Waals surface area contributed by atoms with Gasteiger partial charge in [-0.3, -0.25) is 0 Å². The Morgan fingerprint density at radius 2 is 2.00 bits per heavy atom. The summed E-state index contributed by atoms with van der Waals surface area (Å²) in [5, 5.41) is 0. The number of hydrogen-bond donors (Lipinski definition) is 0. The van der Waals surface area contributed by atoms with E-state index in [-0.39, 0.29) is 7.12 Å². The lowest BCUT2D eigenvalue weighted by atomic mass is 9.77. The molecule has 86 valence electrons. The van der Waals surface area contributed by atoms with Crippen LogP contribution in [0, 0.1) is 19.8 Å². The molecule has 1 aliphatic rings. The van der Waals surface area contributed by atoms with E-state index in [1.807, 2.05) is 0 Å². The second-order valence-electron chi connectivity index (χ2n) is 4.82. The van der Waals surface area contributed by atoms with Crippen molar-refractivity contribution in [3.63, 3.8) is 0 Å². The minimum atomic E-state index is -0.0922. The first-order chi connectivity index (χ1) is 7.60. The van der Waals surface area contributed by atoms with Crippen LogP contribution in [0.5, 0.6) is 11.5 Å². The SMILES string of the molecule is CCC(C)CB1Oc2cc(C)cc(C)c2O1. The zero-order chi connectivity index (χ0) is 11.7. The molecule has 1 atom stereocenters. The number of benzene rings is 1. The van der Waals surface area contributed by atoms with Gasteiger partial charge in [0.25, 0.3) is 0 Å². The Labute approximate surface area is 98.1 Å². The van der Waals surface area contributed by atoms with Gasteiger partial charge in [-0.15, -0.1) is 0 Å². The highest BCUT2D eigenvalue weighted by atomic mass is 16.6. The lowest BCUT2D eigenvalue weighted by molar-refractivity contribution is 0.466. The van der Waals surface area contributed by atoms with Crippen molar-refractivity contribution < 1.29 is 9.31 Å². The van der Waals surface area contributed by atoms with Crippen LogP contribution < -0.4 is 9.31 Å². The Bertz CT molecular complexity index is 390. The summed E-state index contributed by atoms with van der Waals surface area (Å²) >= 11 is 0. The van der Waals surface area contributed by atoms with Gasteiger partial charge in [0.05, 0.1) is 0 Å². The molecule has 1 heterocycles. The fourth-order valence-corrected chi connectivity index (χ4v) is 2.04. The maximum Gasteiger partial charge on any atom is 0.595 e. The van der Waals surface area contributed by atoms with Crippen LogP contribution in [0.3, 0.4) is 0 Å². The largest absolute Gasteiger partial charge is 0.595 e. The highest BCUT2D eigenvalue weighted by Crippen LogP contribution is 2.38. The minimum absolute atomic E-state index is 0.0922. The van der Waals surface area contributed by atoms with E-state index < -0.39 is 0 Å². The van der Waals surface area contributed by atoms with Crippen LogP contribution in [0.2, 0.25) is 6.32 Å². The minimum Gasteiger partial charge on any atom is -0.523 e. The number of hydrogen-bond acceptors (Lipinski definition) is 2. The van der Waals surface area contributed by atoms with Gasteiger partial charge in [-0.25, -0.2) is 0 Å². The second kappa shape index (κ2) is 4.40. The summed E-state index contributed by atoms with van der Waals surface area (Å²) in [4.78, 5) is 0. The molecule has 0 spiro atoms. The van der Waals surface area contributed by atoms with Gasteiger partial charge in [-0.1, -0.05) is 26.3 Å². The Morgan fingerprint density at radius 1 is 1.25 bits per heavy atom. The van der Waals surface area contributed by atoms with E-state index in [1.54, 1.807) is 0 Å². The summed E-state index contributed by atoms with van der Waals surface area (Å²) in [6.07, 6.45) is 2.13. The summed E-state index contributed by atoms with van der Waals surface area (Å²) in [5.74, 6) is 2.48. The van der Waals surface area contributed by atoms with Crippen LogP contribution in [-0.4, -0.2) is 7.12 Å². The van der Waals surface area contributed by atoms with E-state index in [4.69, 9.17) is 9.31 Å². The molecule has 0 aliphatic carbocycles. The zero-order valence-corrected chi connectivity index (χ0v) is 10.5. The molecule has 0 radical (unpaired) electrons. The molecule has 1 unspecified atom stereocenters. The molecule has 1 aliphatic heterocycles. The third-order valence-electron chi connectivity index (χ3n) is 3.18. The first-order valence-electron chi connectivity index (χ1n) is 6.04. The average molecular weight is 218 g/mol. The molecule has 0 bridgehead atoms. The van der Waals surface area contributed by atoms with Gasteiger partial charge in [0.1, 0.15) is 11.5 Å². The van der Waals surface area contributed by atoms with Crippen molar-refractivity contribution >= 4 is 7.12 Å².